The number of alkyl halides is 4. The molecule has 2 unspecified atom stereocenters. The van der Waals surface area contributed by atoms with E-state index >= 15 is 0 Å². The lowest BCUT2D eigenvalue weighted by atomic mass is 9.99. The second-order valence-corrected chi connectivity index (χ2v) is 4.21. The quantitative estimate of drug-likeness (QED) is 0.587. The minimum atomic E-state index is -4.49. The van der Waals surface area contributed by atoms with Gasteiger partial charge in [-0.2, -0.15) is 13.2 Å². The molecular formula is C11H13ClF3NO2. The molecule has 4 N–H and O–H groups in total. The fourth-order valence-corrected chi connectivity index (χ4v) is 1.72. The van der Waals surface area contributed by atoms with Gasteiger partial charge in [0.15, 0.2) is 0 Å². The lowest BCUT2D eigenvalue weighted by Gasteiger charge is -2.19. The van der Waals surface area contributed by atoms with Crippen molar-refractivity contribution in [1.82, 2.24) is 0 Å². The SMILES string of the molecule is Nc1cc(C(F)(F)F)ccc1C(O)C(O)CCCl. The van der Waals surface area contributed by atoms with Crippen molar-refractivity contribution in [2.75, 3.05) is 11.6 Å². The van der Waals surface area contributed by atoms with Crippen LogP contribution in [0.2, 0.25) is 0 Å². The van der Waals surface area contributed by atoms with Crippen molar-refractivity contribution in [1.29, 1.82) is 0 Å². The molecule has 0 saturated heterocycles. The van der Waals surface area contributed by atoms with Crippen molar-refractivity contribution in [2.24, 2.45) is 0 Å². The predicted molar refractivity (Wildman–Crippen MR) is 62.2 cm³/mol. The molecule has 0 aliphatic heterocycles. The highest BCUT2D eigenvalue weighted by Gasteiger charge is 2.31. The van der Waals surface area contributed by atoms with Crippen LogP contribution in [-0.4, -0.2) is 22.2 Å². The highest BCUT2D eigenvalue weighted by Crippen LogP contribution is 2.33. The van der Waals surface area contributed by atoms with Crippen LogP contribution in [0.15, 0.2) is 18.2 Å². The van der Waals surface area contributed by atoms with Crippen LogP contribution in [0, 0.1) is 0 Å². The Balaban J connectivity index is 2.99. The first-order chi connectivity index (χ1) is 8.27. The highest BCUT2D eigenvalue weighted by atomic mass is 35.5. The van der Waals surface area contributed by atoms with Crippen molar-refractivity contribution in [2.45, 2.75) is 24.8 Å². The number of hydrogen-bond donors (Lipinski definition) is 3. The molecule has 3 nitrogen and oxygen atoms in total. The number of anilines is 1. The standard InChI is InChI=1S/C11H13ClF3NO2/c12-4-3-9(17)10(18)7-2-1-6(5-8(7)16)11(13,14)15/h1-2,5,9-10,17-18H,3-4,16H2. The molecule has 0 amide bonds. The van der Waals surface area contributed by atoms with Gasteiger partial charge in [0.05, 0.1) is 11.7 Å². The monoisotopic (exact) mass is 283 g/mol. The third-order valence-electron chi connectivity index (χ3n) is 2.50. The highest BCUT2D eigenvalue weighted by molar-refractivity contribution is 6.17. The molecule has 0 spiro atoms. The summed E-state index contributed by atoms with van der Waals surface area (Å²) in [5.41, 5.74) is 4.39. The molecule has 0 aromatic heterocycles. The number of rotatable bonds is 4. The Morgan fingerprint density at radius 2 is 1.89 bits per heavy atom. The van der Waals surface area contributed by atoms with Crippen LogP contribution in [0.1, 0.15) is 23.7 Å². The Morgan fingerprint density at radius 3 is 2.33 bits per heavy atom. The topological polar surface area (TPSA) is 66.5 Å². The molecule has 2 atom stereocenters. The molecule has 0 radical (unpaired) electrons. The molecule has 0 bridgehead atoms. The first kappa shape index (κ1) is 15.1. The van der Waals surface area contributed by atoms with Gasteiger partial charge in [0.1, 0.15) is 6.10 Å². The van der Waals surface area contributed by atoms with E-state index in [4.69, 9.17) is 17.3 Å². The van der Waals surface area contributed by atoms with Gasteiger partial charge in [-0.1, -0.05) is 6.07 Å². The Hall–Kier alpha value is -0.980. The number of nitrogens with two attached hydrogens (primary N) is 1. The summed E-state index contributed by atoms with van der Waals surface area (Å²) in [6.45, 7) is 0. The van der Waals surface area contributed by atoms with Gasteiger partial charge in [-0.15, -0.1) is 11.6 Å². The van der Waals surface area contributed by atoms with Crippen molar-refractivity contribution in [3.8, 4) is 0 Å². The normalized spacial score (nSPS) is 15.4. The summed E-state index contributed by atoms with van der Waals surface area (Å²) < 4.78 is 37.2. The van der Waals surface area contributed by atoms with Crippen molar-refractivity contribution >= 4 is 17.3 Å². The van der Waals surface area contributed by atoms with Crippen LogP contribution < -0.4 is 5.73 Å². The Kier molecular flexibility index (Phi) is 4.84. The molecule has 0 saturated carbocycles. The van der Waals surface area contributed by atoms with E-state index in [0.29, 0.717) is 0 Å². The van der Waals surface area contributed by atoms with Gasteiger partial charge in [-0.05, 0) is 18.6 Å². The average molecular weight is 284 g/mol. The molecule has 102 valence electrons. The van der Waals surface area contributed by atoms with E-state index in [1.165, 1.54) is 0 Å². The molecular weight excluding hydrogens is 271 g/mol. The van der Waals surface area contributed by atoms with Crippen LogP contribution in [0.3, 0.4) is 0 Å². The summed E-state index contributed by atoms with van der Waals surface area (Å²) in [5.74, 6) is 0.124. The van der Waals surface area contributed by atoms with E-state index < -0.39 is 23.9 Å². The molecule has 0 aliphatic carbocycles. The van der Waals surface area contributed by atoms with Crippen molar-refractivity contribution in [3.05, 3.63) is 29.3 Å². The fraction of sp³-hybridized carbons (Fsp3) is 0.455. The molecule has 1 rings (SSSR count). The lowest BCUT2D eigenvalue weighted by molar-refractivity contribution is -0.137. The Bertz CT molecular complexity index is 412. The molecule has 1 aromatic carbocycles. The zero-order valence-corrected chi connectivity index (χ0v) is 10.0. The van der Waals surface area contributed by atoms with E-state index in [0.717, 1.165) is 18.2 Å². The summed E-state index contributed by atoms with van der Waals surface area (Å²) in [7, 11) is 0. The summed E-state index contributed by atoms with van der Waals surface area (Å²) in [4.78, 5) is 0. The number of aliphatic hydroxyl groups is 2. The fourth-order valence-electron chi connectivity index (χ4n) is 1.50. The smallest absolute Gasteiger partial charge is 0.398 e. The van der Waals surface area contributed by atoms with Gasteiger partial charge in [-0.3, -0.25) is 0 Å². The number of halogens is 4. The molecule has 0 aliphatic rings. The average Bonchev–Trinajstić information content (AvgIpc) is 2.27. The van der Waals surface area contributed by atoms with E-state index in [2.05, 4.69) is 0 Å². The van der Waals surface area contributed by atoms with Crippen LogP contribution in [0.25, 0.3) is 0 Å². The van der Waals surface area contributed by atoms with E-state index in [-0.39, 0.29) is 23.6 Å². The van der Waals surface area contributed by atoms with Crippen LogP contribution in [-0.2, 0) is 6.18 Å². The Labute approximate surface area is 107 Å². The number of benzene rings is 1. The minimum Gasteiger partial charge on any atom is -0.398 e. The van der Waals surface area contributed by atoms with Crippen LogP contribution in [0.5, 0.6) is 0 Å². The number of aliphatic hydroxyl groups excluding tert-OH is 2. The summed E-state index contributed by atoms with van der Waals surface area (Å²) in [6.07, 6.45) is -6.90. The van der Waals surface area contributed by atoms with Gasteiger partial charge in [-0.25, -0.2) is 0 Å². The zero-order valence-electron chi connectivity index (χ0n) is 9.28. The second-order valence-electron chi connectivity index (χ2n) is 3.83. The first-order valence-electron chi connectivity index (χ1n) is 5.16. The zero-order chi connectivity index (χ0) is 13.9. The van der Waals surface area contributed by atoms with Gasteiger partial charge in [0.25, 0.3) is 0 Å². The molecule has 7 heteroatoms. The molecule has 0 fully saturated rings. The summed E-state index contributed by atoms with van der Waals surface area (Å²) in [5, 5.41) is 19.2. The molecule has 1 aromatic rings. The third kappa shape index (κ3) is 3.51. The first-order valence-corrected chi connectivity index (χ1v) is 5.69. The van der Waals surface area contributed by atoms with E-state index in [1.807, 2.05) is 0 Å². The largest absolute Gasteiger partial charge is 0.416 e. The summed E-state index contributed by atoms with van der Waals surface area (Å²) in [6, 6.07) is 2.59. The lowest BCUT2D eigenvalue weighted by Crippen LogP contribution is -2.20. The summed E-state index contributed by atoms with van der Waals surface area (Å²) >= 11 is 5.40. The van der Waals surface area contributed by atoms with Crippen LogP contribution >= 0.6 is 11.6 Å². The van der Waals surface area contributed by atoms with E-state index in [9.17, 15) is 23.4 Å². The Morgan fingerprint density at radius 1 is 1.28 bits per heavy atom. The van der Waals surface area contributed by atoms with Crippen molar-refractivity contribution < 1.29 is 23.4 Å². The number of hydrogen-bond acceptors (Lipinski definition) is 3. The maximum absolute atomic E-state index is 12.4. The maximum Gasteiger partial charge on any atom is 0.416 e. The van der Waals surface area contributed by atoms with Crippen molar-refractivity contribution in [3.63, 3.8) is 0 Å². The van der Waals surface area contributed by atoms with Gasteiger partial charge in [0, 0.05) is 17.1 Å². The maximum atomic E-state index is 12.4. The predicted octanol–water partition coefficient (Wildman–Crippen LogP) is 2.31. The third-order valence-corrected chi connectivity index (χ3v) is 2.72. The minimum absolute atomic E-state index is 0.0561. The molecule has 18 heavy (non-hydrogen) atoms. The van der Waals surface area contributed by atoms with Gasteiger partial charge in [0.2, 0.25) is 0 Å². The van der Waals surface area contributed by atoms with Crippen LogP contribution in [0.4, 0.5) is 18.9 Å². The van der Waals surface area contributed by atoms with E-state index in [1.54, 1.807) is 0 Å². The molecule has 0 heterocycles. The second kappa shape index (κ2) is 5.77. The number of nitrogen functional groups attached to an aromatic ring is 1. The van der Waals surface area contributed by atoms with Gasteiger partial charge < -0.3 is 15.9 Å². The van der Waals surface area contributed by atoms with Gasteiger partial charge >= 0.3 is 6.18 Å².